The van der Waals surface area contributed by atoms with Crippen molar-refractivity contribution >= 4 is 14.1 Å². The molecule has 0 aliphatic carbocycles. The van der Waals surface area contributed by atoms with Gasteiger partial charge < -0.3 is 23.4 Å². The average Bonchev–Trinajstić information content (AvgIpc) is 2.63. The van der Waals surface area contributed by atoms with Gasteiger partial charge in [0, 0.05) is 12.7 Å². The lowest BCUT2D eigenvalue weighted by molar-refractivity contribution is -0.312. The molecule has 0 bridgehead atoms. The normalized spacial score (nSPS) is 32.2. The third kappa shape index (κ3) is 4.18. The molecule has 2 saturated heterocycles. The summed E-state index contributed by atoms with van der Waals surface area (Å²) in [5, 5.41) is -0.0362. The Labute approximate surface area is 162 Å². The zero-order chi connectivity index (χ0) is 19.8. The Balaban J connectivity index is 1.80. The minimum atomic E-state index is -2.20. The highest BCUT2D eigenvalue weighted by molar-refractivity contribution is 6.74. The Bertz CT molecular complexity index is 656. The highest BCUT2D eigenvalue weighted by Gasteiger charge is 2.52. The van der Waals surface area contributed by atoms with Crippen molar-refractivity contribution in [1.82, 2.24) is 0 Å². The smallest absolute Gasteiger partial charge is 0.197 e. The Kier molecular flexibility index (Phi) is 5.91. The van der Waals surface area contributed by atoms with E-state index < -0.39 is 39.2 Å². The molecule has 2 heterocycles. The van der Waals surface area contributed by atoms with Crippen molar-refractivity contribution in [3.63, 3.8) is 0 Å². The summed E-state index contributed by atoms with van der Waals surface area (Å²) in [6.45, 7) is 10.9. The number of rotatable bonds is 4. The molecule has 7 heteroatoms. The number of hydrogen-bond donors (Lipinski definition) is 0. The predicted octanol–water partition coefficient (Wildman–Crippen LogP) is 3.43. The molecule has 0 N–H and O–H groups in total. The Morgan fingerprint density at radius 3 is 2.37 bits per heavy atom. The van der Waals surface area contributed by atoms with E-state index >= 15 is 0 Å². The van der Waals surface area contributed by atoms with Gasteiger partial charge in [-0.1, -0.05) is 51.1 Å². The molecule has 0 saturated carbocycles. The van der Waals surface area contributed by atoms with E-state index in [4.69, 9.17) is 23.4 Å². The van der Waals surface area contributed by atoms with Gasteiger partial charge in [0.2, 0.25) is 0 Å². The van der Waals surface area contributed by atoms with Crippen molar-refractivity contribution in [2.75, 3.05) is 13.7 Å². The Hall–Kier alpha value is -1.09. The third-order valence-corrected chi connectivity index (χ3v) is 10.1. The van der Waals surface area contributed by atoms with E-state index in [9.17, 15) is 4.79 Å². The highest BCUT2D eigenvalue weighted by atomic mass is 28.4. The van der Waals surface area contributed by atoms with E-state index in [2.05, 4.69) is 33.9 Å². The second kappa shape index (κ2) is 7.73. The monoisotopic (exact) mass is 394 g/mol. The molecule has 2 aliphatic rings. The van der Waals surface area contributed by atoms with Crippen LogP contribution in [0, 0.1) is 0 Å². The summed E-state index contributed by atoms with van der Waals surface area (Å²) < 4.78 is 29.5. The minimum absolute atomic E-state index is 0.0362. The van der Waals surface area contributed by atoms with Crippen molar-refractivity contribution < 1.29 is 28.2 Å². The number of Topliss-reactive ketones (excluding diaryl/α,β-unsaturated/α-hetero) is 1. The number of ether oxygens (including phenoxy) is 4. The van der Waals surface area contributed by atoms with E-state index in [0.717, 1.165) is 5.56 Å². The van der Waals surface area contributed by atoms with E-state index in [-0.39, 0.29) is 17.4 Å². The molecule has 150 valence electrons. The lowest BCUT2D eigenvalue weighted by Crippen LogP contribution is -2.63. The molecule has 1 aromatic rings. The first-order valence-corrected chi connectivity index (χ1v) is 12.3. The van der Waals surface area contributed by atoms with Crippen molar-refractivity contribution in [1.29, 1.82) is 0 Å². The van der Waals surface area contributed by atoms with Crippen molar-refractivity contribution in [2.45, 2.75) is 69.8 Å². The van der Waals surface area contributed by atoms with Gasteiger partial charge in [-0.25, -0.2) is 0 Å². The fourth-order valence-corrected chi connectivity index (χ4v) is 4.22. The van der Waals surface area contributed by atoms with Crippen LogP contribution in [0.1, 0.15) is 32.6 Å². The fourth-order valence-electron chi connectivity index (χ4n) is 3.00. The molecular weight excluding hydrogens is 364 g/mol. The molecule has 5 atom stereocenters. The third-order valence-electron chi connectivity index (χ3n) is 5.67. The Morgan fingerprint density at radius 1 is 1.11 bits per heavy atom. The number of hydrogen-bond acceptors (Lipinski definition) is 6. The van der Waals surface area contributed by atoms with E-state index in [1.165, 1.54) is 7.11 Å². The van der Waals surface area contributed by atoms with Gasteiger partial charge in [0.15, 0.2) is 38.9 Å². The van der Waals surface area contributed by atoms with E-state index in [0.29, 0.717) is 0 Å². The van der Waals surface area contributed by atoms with Crippen molar-refractivity contribution in [3.8, 4) is 0 Å². The van der Waals surface area contributed by atoms with Gasteiger partial charge in [-0.3, -0.25) is 4.79 Å². The number of ketones is 1. The van der Waals surface area contributed by atoms with Gasteiger partial charge in [0.25, 0.3) is 0 Å². The highest BCUT2D eigenvalue weighted by Crippen LogP contribution is 2.40. The molecule has 1 unspecified atom stereocenters. The summed E-state index contributed by atoms with van der Waals surface area (Å²) in [5.74, 6) is -0.132. The first-order valence-electron chi connectivity index (χ1n) is 9.36. The van der Waals surface area contributed by atoms with E-state index in [1.807, 2.05) is 30.3 Å². The van der Waals surface area contributed by atoms with Gasteiger partial charge in [-0.15, -0.1) is 0 Å². The fraction of sp³-hybridized carbons (Fsp3) is 0.650. The van der Waals surface area contributed by atoms with E-state index in [1.54, 1.807) is 0 Å². The molecule has 6 nitrogen and oxygen atoms in total. The molecule has 27 heavy (non-hydrogen) atoms. The second-order valence-corrected chi connectivity index (χ2v) is 13.4. The number of benzene rings is 1. The molecular formula is C20H30O6Si. The second-order valence-electron chi connectivity index (χ2n) is 8.61. The molecule has 0 spiro atoms. The van der Waals surface area contributed by atoms with Crippen molar-refractivity contribution in [2.24, 2.45) is 0 Å². The van der Waals surface area contributed by atoms with Gasteiger partial charge in [-0.2, -0.15) is 0 Å². The first-order chi connectivity index (χ1) is 12.6. The average molecular weight is 395 g/mol. The summed E-state index contributed by atoms with van der Waals surface area (Å²) in [4.78, 5) is 13.3. The van der Waals surface area contributed by atoms with Crippen LogP contribution in [0.3, 0.4) is 0 Å². The molecule has 2 aliphatic heterocycles. The van der Waals surface area contributed by atoms with Gasteiger partial charge in [-0.05, 0) is 18.1 Å². The van der Waals surface area contributed by atoms with Gasteiger partial charge in [0.05, 0.1) is 6.61 Å². The zero-order valence-electron chi connectivity index (χ0n) is 16.9. The van der Waals surface area contributed by atoms with Crippen LogP contribution in [-0.4, -0.2) is 52.4 Å². The summed E-state index contributed by atoms with van der Waals surface area (Å²) in [7, 11) is -0.672. The minimum Gasteiger partial charge on any atom is -0.402 e. The zero-order valence-corrected chi connectivity index (χ0v) is 17.9. The number of carbonyl (C=O) groups excluding carboxylic acids is 1. The maximum absolute atomic E-state index is 13.3. The quantitative estimate of drug-likeness (QED) is 0.729. The lowest BCUT2D eigenvalue weighted by atomic mass is 9.99. The van der Waals surface area contributed by atoms with Crippen LogP contribution in [-0.2, 0) is 28.2 Å². The summed E-state index contributed by atoms with van der Waals surface area (Å²) >= 11 is 0. The Morgan fingerprint density at radius 2 is 1.78 bits per heavy atom. The topological polar surface area (TPSA) is 63.2 Å². The maximum Gasteiger partial charge on any atom is 0.197 e. The lowest BCUT2D eigenvalue weighted by Gasteiger charge is -2.46. The van der Waals surface area contributed by atoms with Crippen LogP contribution in [0.4, 0.5) is 0 Å². The molecule has 2 fully saturated rings. The maximum atomic E-state index is 13.3. The van der Waals surface area contributed by atoms with Crippen LogP contribution in [0.5, 0.6) is 0 Å². The number of fused-ring (bicyclic) bond motifs is 1. The van der Waals surface area contributed by atoms with Crippen LogP contribution < -0.4 is 0 Å². The molecule has 0 amide bonds. The molecule has 0 aromatic heterocycles. The van der Waals surface area contributed by atoms with Crippen molar-refractivity contribution in [3.05, 3.63) is 35.9 Å². The standard InChI is InChI=1S/C20H30O6Si/c1-20(2,3)27(5,6)26-17-15(21)16-14(24-19(17)22-4)12-23-18(25-16)13-10-8-7-9-11-13/h7-11,14,16-19H,12H2,1-6H3/t14-,16-,17-,18?,19+/m1/s1. The van der Waals surface area contributed by atoms with Gasteiger partial charge in [0.1, 0.15) is 6.10 Å². The van der Waals surface area contributed by atoms with Crippen LogP contribution >= 0.6 is 0 Å². The summed E-state index contributed by atoms with van der Waals surface area (Å²) in [6.07, 6.45) is -3.38. The first kappa shape index (κ1) is 20.6. The number of methoxy groups -OCH3 is 1. The van der Waals surface area contributed by atoms with Crippen LogP contribution in [0.2, 0.25) is 18.1 Å². The van der Waals surface area contributed by atoms with Crippen LogP contribution in [0.25, 0.3) is 0 Å². The largest absolute Gasteiger partial charge is 0.402 e. The number of carbonyl (C=O) groups is 1. The molecule has 0 radical (unpaired) electrons. The summed E-state index contributed by atoms with van der Waals surface area (Å²) in [6, 6.07) is 9.59. The van der Waals surface area contributed by atoms with Crippen LogP contribution in [0.15, 0.2) is 30.3 Å². The molecule has 1 aromatic carbocycles. The summed E-state index contributed by atoms with van der Waals surface area (Å²) in [5.41, 5.74) is 0.875. The van der Waals surface area contributed by atoms with Gasteiger partial charge >= 0.3 is 0 Å². The predicted molar refractivity (Wildman–Crippen MR) is 103 cm³/mol. The molecule has 3 rings (SSSR count). The SMILES string of the molecule is CO[C@H]1O[C@@H]2COC(c3ccccc3)O[C@H]2C(=O)[C@H]1O[Si](C)(C)C(C)(C)C.